The van der Waals surface area contributed by atoms with Gasteiger partial charge in [0.25, 0.3) is 0 Å². The lowest BCUT2D eigenvalue weighted by Gasteiger charge is -2.19. The van der Waals surface area contributed by atoms with Crippen LogP contribution in [0, 0.1) is 0 Å². The molecule has 7 nitrogen and oxygen atoms in total. The lowest BCUT2D eigenvalue weighted by molar-refractivity contribution is -0.116. The second kappa shape index (κ2) is 11.7. The van der Waals surface area contributed by atoms with Crippen molar-refractivity contribution in [2.24, 2.45) is 0 Å². The van der Waals surface area contributed by atoms with Crippen molar-refractivity contribution >= 4 is 21.8 Å². The fourth-order valence-corrected chi connectivity index (χ4v) is 5.21. The van der Waals surface area contributed by atoms with Crippen molar-refractivity contribution in [1.29, 1.82) is 0 Å². The topological polar surface area (TPSA) is 94.6 Å². The Morgan fingerprint density at radius 2 is 1.77 bits per heavy atom. The summed E-state index contributed by atoms with van der Waals surface area (Å²) in [5.74, 6) is 1.05. The predicted octanol–water partition coefficient (Wildman–Crippen LogP) is 4.57. The number of ether oxygens (including phenoxy) is 2. The third-order valence-electron chi connectivity index (χ3n) is 5.62. The molecule has 1 atom stereocenters. The molecule has 3 rings (SSSR count). The predicted molar refractivity (Wildman–Crippen MR) is 136 cm³/mol. The number of amides is 1. The summed E-state index contributed by atoms with van der Waals surface area (Å²) in [5.41, 5.74) is 2.20. The maximum absolute atomic E-state index is 13.5. The second-order valence-electron chi connectivity index (χ2n) is 8.23. The third kappa shape index (κ3) is 6.48. The van der Waals surface area contributed by atoms with Crippen LogP contribution in [0.2, 0.25) is 0 Å². The average molecular weight is 495 g/mol. The summed E-state index contributed by atoms with van der Waals surface area (Å²) >= 11 is 0. The highest BCUT2D eigenvalue weighted by atomic mass is 32.2. The van der Waals surface area contributed by atoms with E-state index in [1.807, 2.05) is 26.0 Å². The maximum atomic E-state index is 13.5. The zero-order chi connectivity index (χ0) is 25.4. The molecule has 35 heavy (non-hydrogen) atoms. The van der Waals surface area contributed by atoms with Crippen molar-refractivity contribution in [3.8, 4) is 11.5 Å². The molecule has 1 unspecified atom stereocenters. The molecular formula is C27H30N2O5S. The van der Waals surface area contributed by atoms with Gasteiger partial charge in [0.05, 0.1) is 19.1 Å². The number of aromatic nitrogens is 1. The van der Waals surface area contributed by atoms with E-state index in [1.165, 1.54) is 19.4 Å². The van der Waals surface area contributed by atoms with Gasteiger partial charge in [-0.05, 0) is 59.5 Å². The van der Waals surface area contributed by atoms with Crippen LogP contribution in [0.25, 0.3) is 6.08 Å². The number of hydrogen-bond donors (Lipinski definition) is 1. The van der Waals surface area contributed by atoms with Crippen LogP contribution < -0.4 is 14.8 Å². The molecule has 1 heterocycles. The Morgan fingerprint density at radius 3 is 2.37 bits per heavy atom. The van der Waals surface area contributed by atoms with E-state index in [0.717, 1.165) is 5.56 Å². The summed E-state index contributed by atoms with van der Waals surface area (Å²) in [6.07, 6.45) is 6.01. The van der Waals surface area contributed by atoms with Crippen LogP contribution in [0.15, 0.2) is 78.0 Å². The number of carbonyl (C=O) groups excluding carboxylic acids is 1. The summed E-state index contributed by atoms with van der Waals surface area (Å²) in [4.78, 5) is 16.9. The number of rotatable bonds is 10. The molecule has 3 aromatic rings. The number of pyridine rings is 1. The molecule has 0 aliphatic heterocycles. The van der Waals surface area contributed by atoms with Gasteiger partial charge in [0.1, 0.15) is 16.7 Å². The Balaban J connectivity index is 1.82. The van der Waals surface area contributed by atoms with Crippen LogP contribution in [-0.4, -0.2) is 40.1 Å². The summed E-state index contributed by atoms with van der Waals surface area (Å²) in [5, 5.41) is 1.72. The Labute approximate surface area is 206 Å². The van der Waals surface area contributed by atoms with E-state index in [9.17, 15) is 13.2 Å². The number of hydrogen-bond acceptors (Lipinski definition) is 6. The van der Waals surface area contributed by atoms with Gasteiger partial charge in [-0.15, -0.1) is 0 Å². The van der Waals surface area contributed by atoms with E-state index in [2.05, 4.69) is 10.3 Å². The maximum Gasteiger partial charge on any atom is 0.244 e. The first-order valence-electron chi connectivity index (χ1n) is 11.2. The highest BCUT2D eigenvalue weighted by Gasteiger charge is 2.29. The SMILES string of the molecule is COc1ccc(OC)c(/C=C/C(=O)NCC(c2cccnc2)S(=O)(=O)c2ccc(C(C)C)cc2)c1. The Morgan fingerprint density at radius 1 is 1.03 bits per heavy atom. The lowest BCUT2D eigenvalue weighted by atomic mass is 10.0. The van der Waals surface area contributed by atoms with Crippen molar-refractivity contribution in [3.63, 3.8) is 0 Å². The van der Waals surface area contributed by atoms with Gasteiger partial charge in [-0.1, -0.05) is 32.0 Å². The fraction of sp³-hybridized carbons (Fsp3) is 0.259. The van der Waals surface area contributed by atoms with Crippen LogP contribution >= 0.6 is 0 Å². The standard InChI is InChI=1S/C27H30N2O5S/c1-19(2)20-7-11-24(12-8-20)35(31,32)26(22-6-5-15-28-17-22)18-29-27(30)14-9-21-16-23(33-3)10-13-25(21)34-4/h5-17,19,26H,18H2,1-4H3,(H,29,30)/b14-9+. The van der Waals surface area contributed by atoms with E-state index >= 15 is 0 Å². The highest BCUT2D eigenvalue weighted by molar-refractivity contribution is 7.91. The zero-order valence-electron chi connectivity index (χ0n) is 20.3. The van der Waals surface area contributed by atoms with Gasteiger partial charge >= 0.3 is 0 Å². The molecule has 1 aromatic heterocycles. The fourth-order valence-electron chi connectivity index (χ4n) is 3.57. The van der Waals surface area contributed by atoms with E-state index in [4.69, 9.17) is 9.47 Å². The summed E-state index contributed by atoms with van der Waals surface area (Å²) in [7, 11) is -0.703. The van der Waals surface area contributed by atoms with Crippen LogP contribution in [0.1, 0.15) is 41.7 Å². The van der Waals surface area contributed by atoms with Gasteiger partial charge in [-0.2, -0.15) is 0 Å². The highest BCUT2D eigenvalue weighted by Crippen LogP contribution is 2.29. The summed E-state index contributed by atoms with van der Waals surface area (Å²) in [6, 6.07) is 15.5. The molecule has 0 saturated carbocycles. The third-order valence-corrected chi connectivity index (χ3v) is 7.74. The molecule has 0 saturated heterocycles. The number of sulfone groups is 1. The molecule has 1 N–H and O–H groups in total. The molecule has 0 bridgehead atoms. The van der Waals surface area contributed by atoms with Crippen molar-refractivity contribution in [2.45, 2.75) is 29.9 Å². The molecule has 1 amide bonds. The van der Waals surface area contributed by atoms with Gasteiger partial charge in [0, 0.05) is 30.6 Å². The van der Waals surface area contributed by atoms with Crippen LogP contribution in [-0.2, 0) is 14.6 Å². The Hall–Kier alpha value is -3.65. The number of benzene rings is 2. The number of methoxy groups -OCH3 is 2. The minimum atomic E-state index is -3.79. The molecule has 0 spiro atoms. The smallest absolute Gasteiger partial charge is 0.244 e. The summed E-state index contributed by atoms with van der Waals surface area (Å²) in [6.45, 7) is 3.98. The van der Waals surface area contributed by atoms with Gasteiger partial charge in [-0.3, -0.25) is 9.78 Å². The Kier molecular flexibility index (Phi) is 8.65. The van der Waals surface area contributed by atoms with Crippen molar-refractivity contribution in [3.05, 3.63) is 89.8 Å². The quantitative estimate of drug-likeness (QED) is 0.415. The van der Waals surface area contributed by atoms with Gasteiger partial charge < -0.3 is 14.8 Å². The van der Waals surface area contributed by atoms with E-state index < -0.39 is 21.0 Å². The molecule has 2 aromatic carbocycles. The number of nitrogens with zero attached hydrogens (tertiary/aromatic N) is 1. The molecule has 8 heteroatoms. The Bertz CT molecular complexity index is 1270. The van der Waals surface area contributed by atoms with Crippen LogP contribution in [0.4, 0.5) is 0 Å². The van der Waals surface area contributed by atoms with Crippen LogP contribution in [0.5, 0.6) is 11.5 Å². The molecular weight excluding hydrogens is 464 g/mol. The van der Waals surface area contributed by atoms with Crippen molar-refractivity contribution < 1.29 is 22.7 Å². The molecule has 184 valence electrons. The molecule has 0 aliphatic rings. The minimum absolute atomic E-state index is 0.113. The lowest BCUT2D eigenvalue weighted by Crippen LogP contribution is -2.31. The molecule has 0 aliphatic carbocycles. The monoisotopic (exact) mass is 494 g/mol. The summed E-state index contributed by atoms with van der Waals surface area (Å²) < 4.78 is 37.6. The first kappa shape index (κ1) is 26.0. The first-order valence-corrected chi connectivity index (χ1v) is 12.7. The minimum Gasteiger partial charge on any atom is -0.497 e. The van der Waals surface area contributed by atoms with Gasteiger partial charge in [-0.25, -0.2) is 8.42 Å². The average Bonchev–Trinajstić information content (AvgIpc) is 2.87. The van der Waals surface area contributed by atoms with Crippen molar-refractivity contribution in [1.82, 2.24) is 10.3 Å². The largest absolute Gasteiger partial charge is 0.497 e. The zero-order valence-corrected chi connectivity index (χ0v) is 21.1. The number of carbonyl (C=O) groups is 1. The van der Waals surface area contributed by atoms with E-state index in [-0.39, 0.29) is 17.4 Å². The second-order valence-corrected chi connectivity index (χ2v) is 10.4. The van der Waals surface area contributed by atoms with Gasteiger partial charge in [0.15, 0.2) is 9.84 Å². The van der Waals surface area contributed by atoms with Crippen molar-refractivity contribution in [2.75, 3.05) is 20.8 Å². The van der Waals surface area contributed by atoms with E-state index in [0.29, 0.717) is 22.6 Å². The number of nitrogens with one attached hydrogen (secondary N) is 1. The van der Waals surface area contributed by atoms with E-state index in [1.54, 1.807) is 61.8 Å². The van der Waals surface area contributed by atoms with Crippen LogP contribution in [0.3, 0.4) is 0 Å². The molecule has 0 radical (unpaired) electrons. The molecule has 0 fully saturated rings. The van der Waals surface area contributed by atoms with Gasteiger partial charge in [0.2, 0.25) is 5.91 Å². The first-order chi connectivity index (χ1) is 16.8. The normalized spacial score (nSPS) is 12.5.